The molecule has 8 nitrogen and oxygen atoms in total. The van der Waals surface area contributed by atoms with Gasteiger partial charge in [-0.2, -0.15) is 13.2 Å². The van der Waals surface area contributed by atoms with Crippen LogP contribution in [0.25, 0.3) is 0 Å². The highest BCUT2D eigenvalue weighted by atomic mass is 32.2. The van der Waals surface area contributed by atoms with Crippen molar-refractivity contribution in [3.63, 3.8) is 0 Å². The molecule has 1 saturated carbocycles. The summed E-state index contributed by atoms with van der Waals surface area (Å²) in [6, 6.07) is 5.30. The number of hydrogen-bond donors (Lipinski definition) is 1. The molecule has 2 aliphatic heterocycles. The molecule has 3 fully saturated rings. The minimum atomic E-state index is -4.76. The highest BCUT2D eigenvalue weighted by Crippen LogP contribution is 2.49. The van der Waals surface area contributed by atoms with Crippen molar-refractivity contribution < 1.29 is 40.4 Å². The standard InChI is InChI=1S/C27H27F4N3O5S/c1-33-13-16(11-23(33)35)24(19-7-6-17(12-20(19)28)27(29,30)31)32-25(36)22-10-15-9-21(15)34(22)26(37)14-4-3-5-18(8-14)40(2,38)39/h3-8,12,15-16,21-22,24H,9-11,13H2,1-2H3,(H,32,36)/t15-,16-,21-,22-,24+/m1/s1. The summed E-state index contributed by atoms with van der Waals surface area (Å²) < 4.78 is 78.5. The average Bonchev–Trinajstić information content (AvgIpc) is 3.41. The Morgan fingerprint density at radius 3 is 2.42 bits per heavy atom. The van der Waals surface area contributed by atoms with E-state index in [2.05, 4.69) is 5.32 Å². The predicted molar refractivity (Wildman–Crippen MR) is 134 cm³/mol. The Bertz CT molecular complexity index is 1500. The minimum absolute atomic E-state index is 0.0428. The Hall–Kier alpha value is -3.48. The van der Waals surface area contributed by atoms with E-state index in [-0.39, 0.29) is 46.9 Å². The molecule has 2 aromatic rings. The molecular weight excluding hydrogens is 554 g/mol. The first-order chi connectivity index (χ1) is 18.6. The minimum Gasteiger partial charge on any atom is -0.347 e. The van der Waals surface area contributed by atoms with Crippen LogP contribution >= 0.6 is 0 Å². The number of benzene rings is 2. The largest absolute Gasteiger partial charge is 0.416 e. The number of piperidine rings is 1. The first-order valence-corrected chi connectivity index (χ1v) is 14.6. The van der Waals surface area contributed by atoms with Crippen LogP contribution in [0.1, 0.15) is 46.8 Å². The third kappa shape index (κ3) is 5.30. The molecule has 214 valence electrons. The van der Waals surface area contributed by atoms with E-state index in [0.29, 0.717) is 18.9 Å². The molecule has 0 radical (unpaired) electrons. The number of carbonyl (C=O) groups excluding carboxylic acids is 3. The van der Waals surface area contributed by atoms with E-state index >= 15 is 4.39 Å². The summed E-state index contributed by atoms with van der Waals surface area (Å²) in [5.41, 5.74) is -1.26. The number of alkyl halides is 3. The van der Waals surface area contributed by atoms with Crippen molar-refractivity contribution in [1.82, 2.24) is 15.1 Å². The lowest BCUT2D eigenvalue weighted by Gasteiger charge is -2.31. The highest BCUT2D eigenvalue weighted by molar-refractivity contribution is 7.90. The van der Waals surface area contributed by atoms with E-state index in [1.807, 2.05) is 0 Å². The molecule has 0 aromatic heterocycles. The lowest BCUT2D eigenvalue weighted by molar-refractivity contribution is -0.137. The average molecular weight is 582 g/mol. The number of carbonyl (C=O) groups is 3. The fraction of sp³-hybridized carbons (Fsp3) is 0.444. The number of nitrogens with one attached hydrogen (secondary N) is 1. The molecule has 2 aromatic carbocycles. The highest BCUT2D eigenvalue weighted by Gasteiger charge is 2.56. The summed E-state index contributed by atoms with van der Waals surface area (Å²) in [5, 5.41) is 2.74. The zero-order valence-electron chi connectivity index (χ0n) is 21.6. The maximum absolute atomic E-state index is 15.1. The number of halogens is 4. The van der Waals surface area contributed by atoms with Crippen LogP contribution in [0.2, 0.25) is 0 Å². The Labute approximate surface area is 228 Å². The molecule has 40 heavy (non-hydrogen) atoms. The number of amides is 3. The molecule has 0 unspecified atom stereocenters. The smallest absolute Gasteiger partial charge is 0.347 e. The van der Waals surface area contributed by atoms with Crippen molar-refractivity contribution in [1.29, 1.82) is 0 Å². The molecule has 5 atom stereocenters. The van der Waals surface area contributed by atoms with Crippen LogP contribution in [0.3, 0.4) is 0 Å². The Balaban J connectivity index is 1.43. The van der Waals surface area contributed by atoms with E-state index in [0.717, 1.165) is 18.4 Å². The monoisotopic (exact) mass is 581 g/mol. The molecule has 2 saturated heterocycles. The van der Waals surface area contributed by atoms with Gasteiger partial charge in [-0.25, -0.2) is 12.8 Å². The summed E-state index contributed by atoms with van der Waals surface area (Å²) in [7, 11) is -2.04. The van der Waals surface area contributed by atoms with Gasteiger partial charge in [-0.3, -0.25) is 14.4 Å². The van der Waals surface area contributed by atoms with E-state index in [4.69, 9.17) is 0 Å². The first-order valence-electron chi connectivity index (χ1n) is 12.7. The molecule has 0 spiro atoms. The Morgan fingerprint density at radius 2 is 1.82 bits per heavy atom. The summed E-state index contributed by atoms with van der Waals surface area (Å²) in [5.74, 6) is -3.10. The van der Waals surface area contributed by atoms with Crippen molar-refractivity contribution in [2.24, 2.45) is 11.8 Å². The number of hydrogen-bond acceptors (Lipinski definition) is 5. The zero-order valence-corrected chi connectivity index (χ0v) is 22.4. The number of rotatable bonds is 6. The first kappa shape index (κ1) is 28.1. The summed E-state index contributed by atoms with van der Waals surface area (Å²) in [6.07, 6.45) is -2.77. The number of fused-ring (bicyclic) bond motifs is 1. The van der Waals surface area contributed by atoms with Gasteiger partial charge in [0.2, 0.25) is 11.8 Å². The summed E-state index contributed by atoms with van der Waals surface area (Å²) in [4.78, 5) is 42.1. The van der Waals surface area contributed by atoms with Crippen LogP contribution in [0.4, 0.5) is 17.6 Å². The maximum atomic E-state index is 15.1. The van der Waals surface area contributed by atoms with Gasteiger partial charge in [0, 0.05) is 49.4 Å². The van der Waals surface area contributed by atoms with Crippen LogP contribution in [0, 0.1) is 17.7 Å². The van der Waals surface area contributed by atoms with E-state index < -0.39 is 57.2 Å². The van der Waals surface area contributed by atoms with E-state index in [9.17, 15) is 36.0 Å². The second kappa shape index (κ2) is 9.86. The second-order valence-corrected chi connectivity index (χ2v) is 12.8. The Morgan fingerprint density at radius 1 is 1.10 bits per heavy atom. The molecule has 5 rings (SSSR count). The molecule has 13 heteroatoms. The van der Waals surface area contributed by atoms with Gasteiger partial charge in [-0.15, -0.1) is 0 Å². The van der Waals surface area contributed by atoms with Crippen molar-refractivity contribution in [2.75, 3.05) is 19.8 Å². The normalized spacial score (nSPS) is 25.1. The summed E-state index contributed by atoms with van der Waals surface area (Å²) >= 11 is 0. The SMILES string of the molecule is CN1C[C@H]([C@H](NC(=O)[C@H]2C[C@H]3C[C@H]3N2C(=O)c2cccc(S(C)(=O)=O)c2)c2ccc(C(F)(F)F)cc2F)CC1=O. The third-order valence-corrected chi connectivity index (χ3v) is 9.06. The van der Waals surface area contributed by atoms with Gasteiger partial charge in [0.25, 0.3) is 5.91 Å². The van der Waals surface area contributed by atoms with Crippen LogP contribution < -0.4 is 5.32 Å². The molecule has 1 N–H and O–H groups in total. The molecule has 3 amide bonds. The van der Waals surface area contributed by atoms with Crippen molar-refractivity contribution in [3.8, 4) is 0 Å². The van der Waals surface area contributed by atoms with Gasteiger partial charge in [-0.1, -0.05) is 12.1 Å². The topological polar surface area (TPSA) is 104 Å². The predicted octanol–water partition coefficient (Wildman–Crippen LogP) is 3.19. The van der Waals surface area contributed by atoms with E-state index in [1.165, 1.54) is 34.1 Å². The molecule has 2 heterocycles. The molecular formula is C27H27F4N3O5S. The van der Waals surface area contributed by atoms with Crippen molar-refractivity contribution in [3.05, 3.63) is 65.0 Å². The van der Waals surface area contributed by atoms with Gasteiger partial charge in [0.15, 0.2) is 9.84 Å². The lowest BCUT2D eigenvalue weighted by atomic mass is 9.90. The maximum Gasteiger partial charge on any atom is 0.416 e. The van der Waals surface area contributed by atoms with Crippen LogP contribution in [0.5, 0.6) is 0 Å². The van der Waals surface area contributed by atoms with Gasteiger partial charge in [0.1, 0.15) is 11.9 Å². The number of nitrogens with zero attached hydrogens (tertiary/aromatic N) is 2. The zero-order chi connectivity index (χ0) is 29.1. The fourth-order valence-electron chi connectivity index (χ4n) is 5.77. The Kier molecular flexibility index (Phi) is 6.92. The van der Waals surface area contributed by atoms with Gasteiger partial charge in [-0.05, 0) is 49.1 Å². The number of likely N-dealkylation sites (tertiary alicyclic amines) is 2. The van der Waals surface area contributed by atoms with Gasteiger partial charge >= 0.3 is 6.18 Å². The second-order valence-electron chi connectivity index (χ2n) is 10.8. The fourth-order valence-corrected chi connectivity index (χ4v) is 6.43. The number of sulfone groups is 1. The quantitative estimate of drug-likeness (QED) is 0.528. The van der Waals surface area contributed by atoms with Crippen LogP contribution in [0.15, 0.2) is 47.4 Å². The molecule has 0 bridgehead atoms. The van der Waals surface area contributed by atoms with Crippen molar-refractivity contribution >= 4 is 27.6 Å². The molecule has 1 aliphatic carbocycles. The van der Waals surface area contributed by atoms with Crippen molar-refractivity contribution in [2.45, 2.75) is 48.5 Å². The van der Waals surface area contributed by atoms with Crippen LogP contribution in [-0.4, -0.2) is 67.9 Å². The van der Waals surface area contributed by atoms with Gasteiger partial charge in [0.05, 0.1) is 16.5 Å². The third-order valence-electron chi connectivity index (χ3n) is 7.95. The van der Waals surface area contributed by atoms with Crippen LogP contribution in [-0.2, 0) is 25.6 Å². The van der Waals surface area contributed by atoms with E-state index in [1.54, 1.807) is 7.05 Å². The summed E-state index contributed by atoms with van der Waals surface area (Å²) in [6.45, 7) is 0.154. The lowest BCUT2D eigenvalue weighted by Crippen LogP contribution is -2.49. The van der Waals surface area contributed by atoms with Gasteiger partial charge < -0.3 is 15.1 Å². The molecule has 3 aliphatic rings.